The van der Waals surface area contributed by atoms with Gasteiger partial charge < -0.3 is 10.1 Å². The topological polar surface area (TPSA) is 72.5 Å². The Morgan fingerprint density at radius 1 is 1.64 bits per heavy atom. The number of nitrogens with one attached hydrogen (secondary N) is 1. The van der Waals surface area contributed by atoms with Gasteiger partial charge in [0.05, 0.1) is 18.9 Å². The lowest BCUT2D eigenvalue weighted by atomic mass is 10.3. The van der Waals surface area contributed by atoms with Gasteiger partial charge in [0.2, 0.25) is 0 Å². The molecule has 1 N–H and O–H groups in total. The van der Waals surface area contributed by atoms with Gasteiger partial charge in [0.15, 0.2) is 9.84 Å². The zero-order valence-electron chi connectivity index (χ0n) is 7.64. The largest absolute Gasteiger partial charge is 0.466 e. The molecule has 1 heterocycles. The smallest absolute Gasteiger partial charge is 0.331 e. The minimum Gasteiger partial charge on any atom is -0.466 e. The Kier molecular flexibility index (Phi) is 3.29. The Morgan fingerprint density at radius 3 is 2.86 bits per heavy atom. The summed E-state index contributed by atoms with van der Waals surface area (Å²) < 4.78 is 26.3. The number of rotatable bonds is 3. The van der Waals surface area contributed by atoms with Crippen molar-refractivity contribution in [2.24, 2.45) is 0 Å². The molecule has 1 aliphatic rings. The standard InChI is InChI=1S/C8H11NO4S/c1-13-8(10)2-4-9-7-3-5-14(11,12)6-7/h2-5,7,9H,6H2,1H3/b4-2+. The van der Waals surface area contributed by atoms with E-state index in [-0.39, 0.29) is 11.8 Å². The van der Waals surface area contributed by atoms with Gasteiger partial charge in [-0.25, -0.2) is 13.2 Å². The second kappa shape index (κ2) is 4.28. The summed E-state index contributed by atoms with van der Waals surface area (Å²) in [4.78, 5) is 10.6. The number of ether oxygens (including phenoxy) is 1. The predicted octanol–water partition coefficient (Wildman–Crippen LogP) is -0.427. The molecule has 0 aromatic carbocycles. The van der Waals surface area contributed by atoms with Crippen LogP contribution in [0, 0.1) is 0 Å². The van der Waals surface area contributed by atoms with Crippen molar-refractivity contribution in [3.8, 4) is 0 Å². The van der Waals surface area contributed by atoms with E-state index in [4.69, 9.17) is 0 Å². The van der Waals surface area contributed by atoms with Gasteiger partial charge in [0.1, 0.15) is 0 Å². The van der Waals surface area contributed by atoms with E-state index >= 15 is 0 Å². The summed E-state index contributed by atoms with van der Waals surface area (Å²) in [5, 5.41) is 3.92. The highest BCUT2D eigenvalue weighted by atomic mass is 32.2. The van der Waals surface area contributed by atoms with Crippen molar-refractivity contribution in [3.63, 3.8) is 0 Å². The number of carbonyl (C=O) groups is 1. The molecule has 0 fully saturated rings. The minimum absolute atomic E-state index is 0.0263. The van der Waals surface area contributed by atoms with Gasteiger partial charge >= 0.3 is 5.97 Å². The zero-order chi connectivity index (χ0) is 10.6. The second-order valence-corrected chi connectivity index (χ2v) is 4.72. The Bertz CT molecular complexity index is 369. The van der Waals surface area contributed by atoms with Gasteiger partial charge in [-0.05, 0) is 0 Å². The van der Waals surface area contributed by atoms with Crippen LogP contribution in [0.25, 0.3) is 0 Å². The Balaban J connectivity index is 2.39. The van der Waals surface area contributed by atoms with E-state index in [1.165, 1.54) is 25.5 Å². The Morgan fingerprint density at radius 2 is 2.36 bits per heavy atom. The lowest BCUT2D eigenvalue weighted by molar-refractivity contribution is -0.134. The molecule has 0 saturated carbocycles. The van der Waals surface area contributed by atoms with E-state index in [0.717, 1.165) is 5.41 Å². The van der Waals surface area contributed by atoms with Crippen LogP contribution in [0.5, 0.6) is 0 Å². The molecule has 0 bridgehead atoms. The average Bonchev–Trinajstić information content (AvgIpc) is 2.45. The van der Waals surface area contributed by atoms with E-state index in [1.54, 1.807) is 0 Å². The van der Waals surface area contributed by atoms with Crippen molar-refractivity contribution in [1.29, 1.82) is 0 Å². The summed E-state index contributed by atoms with van der Waals surface area (Å²) in [7, 11) is -1.77. The van der Waals surface area contributed by atoms with Gasteiger partial charge in [-0.3, -0.25) is 0 Å². The molecule has 1 unspecified atom stereocenters. The fourth-order valence-electron chi connectivity index (χ4n) is 0.987. The average molecular weight is 217 g/mol. The molecule has 78 valence electrons. The first-order valence-electron chi connectivity index (χ1n) is 3.95. The van der Waals surface area contributed by atoms with E-state index in [1.807, 2.05) is 0 Å². The Labute approximate surface area is 82.4 Å². The summed E-state index contributed by atoms with van der Waals surface area (Å²) >= 11 is 0. The maximum absolute atomic E-state index is 11.0. The Hall–Kier alpha value is -1.30. The van der Waals surface area contributed by atoms with Crippen LogP contribution in [-0.2, 0) is 19.4 Å². The molecule has 6 heteroatoms. The summed E-state index contributed by atoms with van der Waals surface area (Å²) in [6.07, 6.45) is 4.11. The molecule has 14 heavy (non-hydrogen) atoms. The van der Waals surface area contributed by atoms with Gasteiger partial charge in [-0.15, -0.1) is 0 Å². The fourth-order valence-corrected chi connectivity index (χ4v) is 2.24. The number of methoxy groups -OCH3 is 1. The molecule has 1 atom stereocenters. The molecule has 0 amide bonds. The highest BCUT2D eigenvalue weighted by molar-refractivity contribution is 7.94. The van der Waals surface area contributed by atoms with Crippen LogP contribution < -0.4 is 5.32 Å². The number of hydrogen-bond acceptors (Lipinski definition) is 5. The van der Waals surface area contributed by atoms with Crippen LogP contribution in [0.1, 0.15) is 0 Å². The molecule has 0 spiro atoms. The van der Waals surface area contributed by atoms with Crippen molar-refractivity contribution in [1.82, 2.24) is 5.32 Å². The third-order valence-corrected chi connectivity index (χ3v) is 3.06. The summed E-state index contributed by atoms with van der Waals surface area (Å²) in [5.74, 6) is -0.458. The molecular formula is C8H11NO4S. The van der Waals surface area contributed by atoms with Crippen LogP contribution in [0.2, 0.25) is 0 Å². The van der Waals surface area contributed by atoms with E-state index in [2.05, 4.69) is 10.1 Å². The summed E-state index contributed by atoms with van der Waals surface area (Å²) in [5.41, 5.74) is 0. The third kappa shape index (κ3) is 3.21. The van der Waals surface area contributed by atoms with Crippen LogP contribution in [0.15, 0.2) is 23.8 Å². The van der Waals surface area contributed by atoms with Crippen LogP contribution in [-0.4, -0.2) is 33.3 Å². The lowest BCUT2D eigenvalue weighted by Crippen LogP contribution is -2.25. The first-order valence-corrected chi connectivity index (χ1v) is 5.66. The summed E-state index contributed by atoms with van der Waals surface area (Å²) in [6.45, 7) is 0. The van der Waals surface area contributed by atoms with Gasteiger partial charge in [-0.1, -0.05) is 6.08 Å². The number of esters is 1. The fraction of sp³-hybridized carbons (Fsp3) is 0.375. The van der Waals surface area contributed by atoms with Crippen LogP contribution in [0.3, 0.4) is 0 Å². The molecule has 0 aromatic rings. The molecule has 0 saturated heterocycles. The molecule has 5 nitrogen and oxygen atoms in total. The van der Waals surface area contributed by atoms with Crippen molar-refractivity contribution in [2.75, 3.05) is 12.9 Å². The molecule has 0 radical (unpaired) electrons. The van der Waals surface area contributed by atoms with Gasteiger partial charge in [0, 0.05) is 17.7 Å². The zero-order valence-corrected chi connectivity index (χ0v) is 8.45. The van der Waals surface area contributed by atoms with E-state index in [9.17, 15) is 13.2 Å². The molecule has 1 rings (SSSR count). The second-order valence-electron chi connectivity index (χ2n) is 2.79. The van der Waals surface area contributed by atoms with E-state index < -0.39 is 15.8 Å². The number of hydrogen-bond donors (Lipinski definition) is 1. The van der Waals surface area contributed by atoms with Crippen LogP contribution >= 0.6 is 0 Å². The van der Waals surface area contributed by atoms with Crippen molar-refractivity contribution in [2.45, 2.75) is 6.04 Å². The predicted molar refractivity (Wildman–Crippen MR) is 51.0 cm³/mol. The normalized spacial score (nSPS) is 23.9. The number of carbonyl (C=O) groups excluding carboxylic acids is 1. The van der Waals surface area contributed by atoms with E-state index in [0.29, 0.717) is 0 Å². The van der Waals surface area contributed by atoms with Gasteiger partial charge in [-0.2, -0.15) is 0 Å². The lowest BCUT2D eigenvalue weighted by Gasteiger charge is -2.04. The summed E-state index contributed by atoms with van der Waals surface area (Å²) in [6, 6.07) is -0.263. The molecule has 0 aliphatic carbocycles. The van der Waals surface area contributed by atoms with Crippen LogP contribution in [0.4, 0.5) is 0 Å². The highest BCUT2D eigenvalue weighted by Crippen LogP contribution is 2.07. The minimum atomic E-state index is -3.04. The first-order chi connectivity index (χ1) is 6.53. The molecule has 0 aromatic heterocycles. The maximum Gasteiger partial charge on any atom is 0.331 e. The SMILES string of the molecule is COC(=O)/C=C/NC1C=CS(=O)(=O)C1. The third-order valence-electron chi connectivity index (χ3n) is 1.66. The molecular weight excluding hydrogens is 206 g/mol. The number of sulfone groups is 1. The highest BCUT2D eigenvalue weighted by Gasteiger charge is 2.19. The van der Waals surface area contributed by atoms with Crippen molar-refractivity contribution >= 4 is 15.8 Å². The first kappa shape index (κ1) is 10.8. The van der Waals surface area contributed by atoms with Crippen molar-refractivity contribution in [3.05, 3.63) is 23.8 Å². The maximum atomic E-state index is 11.0. The van der Waals surface area contributed by atoms with Gasteiger partial charge in [0.25, 0.3) is 0 Å². The van der Waals surface area contributed by atoms with Crippen molar-refractivity contribution < 1.29 is 17.9 Å². The quantitative estimate of drug-likeness (QED) is 0.513. The monoisotopic (exact) mass is 217 g/mol. The molecule has 1 aliphatic heterocycles.